The van der Waals surface area contributed by atoms with Crippen molar-refractivity contribution in [1.29, 1.82) is 5.26 Å². The molecule has 5 atom stereocenters. The average Bonchev–Trinajstić information content (AvgIpc) is 3.41. The number of benzene rings is 2. The summed E-state index contributed by atoms with van der Waals surface area (Å²) in [6.07, 6.45) is 4.61. The van der Waals surface area contributed by atoms with Gasteiger partial charge in [-0.1, -0.05) is 26.3 Å². The molecular weight excluding hydrogens is 490 g/mol. The Balaban J connectivity index is 1.58. The van der Waals surface area contributed by atoms with E-state index < -0.39 is 0 Å². The minimum Gasteiger partial charge on any atom is -0.496 e. The summed E-state index contributed by atoms with van der Waals surface area (Å²) in [4.78, 5) is 5.01. The summed E-state index contributed by atoms with van der Waals surface area (Å²) in [6, 6.07) is 5.25. The molecule has 1 fully saturated rings. The molecule has 0 N–H and O–H groups in total. The SMILES string of the molecule is CCCCOc1c(C)c2c(c3c1C[C@H]1C4c5c(cc(C)c(OC)c5C)C[C@@H]([C@H](C#N)N1[C@H]3CC)N4C)OCO2. The summed E-state index contributed by atoms with van der Waals surface area (Å²) in [5.74, 6) is 3.58. The molecule has 0 amide bonds. The maximum atomic E-state index is 10.7. The standard InChI is InChI=1S/C32H41N3O4/c1-8-10-11-37-30-19(5)31-32(39-16-38-31)27-21(30)14-24-28-26-18(4)29(36-7)17(3)12-20(26)13-23(34(28)6)25(15-33)35(24)22(27)9-2/h12,22-25,28H,8-11,13-14,16H2,1-7H3/t22-,23-,24-,25-,28?/m0/s1. The van der Waals surface area contributed by atoms with Gasteiger partial charge in [-0.3, -0.25) is 9.80 Å². The van der Waals surface area contributed by atoms with Gasteiger partial charge in [0.25, 0.3) is 0 Å². The van der Waals surface area contributed by atoms with Crippen LogP contribution in [0, 0.1) is 32.1 Å². The highest BCUT2D eigenvalue weighted by molar-refractivity contribution is 5.66. The Morgan fingerprint density at radius 3 is 2.49 bits per heavy atom. The Labute approximate surface area is 232 Å². The molecular formula is C32H41N3O4. The Kier molecular flexibility index (Phi) is 6.68. The van der Waals surface area contributed by atoms with E-state index in [4.69, 9.17) is 18.9 Å². The number of likely N-dealkylation sites (N-methyl/N-ethyl adjacent to an activating group) is 1. The Morgan fingerprint density at radius 2 is 1.79 bits per heavy atom. The van der Waals surface area contributed by atoms with Gasteiger partial charge in [0.2, 0.25) is 6.79 Å². The van der Waals surface area contributed by atoms with E-state index in [9.17, 15) is 5.26 Å². The lowest BCUT2D eigenvalue weighted by molar-refractivity contribution is -0.0732. The minimum atomic E-state index is -0.228. The zero-order valence-corrected chi connectivity index (χ0v) is 24.4. The van der Waals surface area contributed by atoms with Crippen LogP contribution < -0.4 is 18.9 Å². The van der Waals surface area contributed by atoms with E-state index in [2.05, 4.69) is 63.6 Å². The van der Waals surface area contributed by atoms with E-state index in [1.807, 2.05) is 0 Å². The summed E-state index contributed by atoms with van der Waals surface area (Å²) in [5, 5.41) is 10.7. The van der Waals surface area contributed by atoms with Crippen molar-refractivity contribution in [3.05, 3.63) is 45.0 Å². The number of unbranched alkanes of at least 4 members (excludes halogenated alkanes) is 1. The van der Waals surface area contributed by atoms with Gasteiger partial charge in [-0.2, -0.15) is 5.26 Å². The van der Waals surface area contributed by atoms with Crippen molar-refractivity contribution in [1.82, 2.24) is 9.80 Å². The first kappa shape index (κ1) is 26.3. The molecule has 0 aromatic heterocycles. The zero-order valence-electron chi connectivity index (χ0n) is 24.4. The molecule has 0 saturated carbocycles. The predicted octanol–water partition coefficient (Wildman–Crippen LogP) is 5.71. The monoisotopic (exact) mass is 531 g/mol. The number of rotatable bonds is 6. The molecule has 4 aliphatic rings. The Bertz CT molecular complexity index is 1350. The van der Waals surface area contributed by atoms with E-state index in [-0.39, 0.29) is 37.0 Å². The number of nitriles is 1. The van der Waals surface area contributed by atoms with Gasteiger partial charge in [0.15, 0.2) is 11.5 Å². The van der Waals surface area contributed by atoms with Crippen LogP contribution in [0.1, 0.15) is 84.1 Å². The van der Waals surface area contributed by atoms with Crippen LogP contribution in [-0.2, 0) is 12.8 Å². The van der Waals surface area contributed by atoms with E-state index in [1.54, 1.807) is 7.11 Å². The van der Waals surface area contributed by atoms with Gasteiger partial charge in [0, 0.05) is 34.8 Å². The van der Waals surface area contributed by atoms with Crippen molar-refractivity contribution >= 4 is 0 Å². The van der Waals surface area contributed by atoms with Crippen molar-refractivity contribution in [3.63, 3.8) is 0 Å². The van der Waals surface area contributed by atoms with E-state index in [0.717, 1.165) is 66.2 Å². The maximum absolute atomic E-state index is 10.7. The smallest absolute Gasteiger partial charge is 0.231 e. The number of fused-ring (bicyclic) bond motifs is 9. The second-order valence-corrected chi connectivity index (χ2v) is 11.6. The normalized spacial score (nSPS) is 26.9. The van der Waals surface area contributed by atoms with Gasteiger partial charge in [-0.05, 0) is 75.8 Å². The quantitative estimate of drug-likeness (QED) is 0.443. The molecule has 6 rings (SSSR count). The highest BCUT2D eigenvalue weighted by Crippen LogP contribution is 2.58. The lowest BCUT2D eigenvalue weighted by atomic mass is 9.70. The fourth-order valence-corrected chi connectivity index (χ4v) is 8.09. The highest BCUT2D eigenvalue weighted by Gasteiger charge is 2.56. The van der Waals surface area contributed by atoms with Crippen LogP contribution in [-0.4, -0.2) is 55.5 Å². The Morgan fingerprint density at radius 1 is 1.03 bits per heavy atom. The van der Waals surface area contributed by atoms with E-state index in [0.29, 0.717) is 6.61 Å². The third kappa shape index (κ3) is 3.68. The number of nitrogens with zero attached hydrogens (tertiary/aromatic N) is 3. The first-order valence-corrected chi connectivity index (χ1v) is 14.5. The second kappa shape index (κ2) is 9.91. The summed E-state index contributed by atoms with van der Waals surface area (Å²) < 4.78 is 24.6. The third-order valence-corrected chi connectivity index (χ3v) is 9.67. The van der Waals surface area contributed by atoms with Crippen LogP contribution in [0.5, 0.6) is 23.0 Å². The third-order valence-electron chi connectivity index (χ3n) is 9.67. The van der Waals surface area contributed by atoms with Crippen LogP contribution >= 0.6 is 0 Å². The van der Waals surface area contributed by atoms with Crippen molar-refractivity contribution in [3.8, 4) is 29.1 Å². The van der Waals surface area contributed by atoms with E-state index >= 15 is 0 Å². The molecule has 1 unspecified atom stereocenters. The number of piperazine rings is 1. The topological polar surface area (TPSA) is 67.2 Å². The molecule has 0 spiro atoms. The lowest BCUT2D eigenvalue weighted by Gasteiger charge is -2.60. The van der Waals surface area contributed by atoms with Gasteiger partial charge in [0.05, 0.1) is 25.8 Å². The van der Waals surface area contributed by atoms with Crippen LogP contribution in [0.25, 0.3) is 0 Å². The zero-order chi connectivity index (χ0) is 27.6. The van der Waals surface area contributed by atoms with E-state index in [1.165, 1.54) is 27.8 Å². The molecule has 7 heteroatoms. The van der Waals surface area contributed by atoms with Crippen molar-refractivity contribution in [2.24, 2.45) is 0 Å². The Hall–Kier alpha value is -2.95. The number of hydrogen-bond acceptors (Lipinski definition) is 7. The van der Waals surface area contributed by atoms with Crippen molar-refractivity contribution in [2.45, 2.75) is 96.9 Å². The molecule has 0 radical (unpaired) electrons. The van der Waals surface area contributed by atoms with Gasteiger partial charge in [0.1, 0.15) is 17.5 Å². The number of ether oxygens (including phenoxy) is 4. The average molecular weight is 532 g/mol. The van der Waals surface area contributed by atoms with Crippen LogP contribution in [0.4, 0.5) is 0 Å². The molecule has 4 aliphatic heterocycles. The lowest BCUT2D eigenvalue weighted by Crippen LogP contribution is -2.68. The fourth-order valence-electron chi connectivity index (χ4n) is 8.09. The summed E-state index contributed by atoms with van der Waals surface area (Å²) in [7, 11) is 3.98. The van der Waals surface area contributed by atoms with Crippen LogP contribution in [0.15, 0.2) is 6.07 Å². The van der Waals surface area contributed by atoms with Crippen molar-refractivity contribution in [2.75, 3.05) is 27.6 Å². The first-order valence-electron chi connectivity index (χ1n) is 14.5. The molecule has 2 aromatic carbocycles. The molecule has 7 nitrogen and oxygen atoms in total. The predicted molar refractivity (Wildman–Crippen MR) is 150 cm³/mol. The molecule has 2 aromatic rings. The summed E-state index contributed by atoms with van der Waals surface area (Å²) in [6.45, 7) is 11.7. The molecule has 0 aliphatic carbocycles. The molecule has 2 bridgehead atoms. The van der Waals surface area contributed by atoms with Gasteiger partial charge in [-0.25, -0.2) is 0 Å². The van der Waals surface area contributed by atoms with Gasteiger partial charge < -0.3 is 18.9 Å². The fraction of sp³-hybridized carbons (Fsp3) is 0.594. The second-order valence-electron chi connectivity index (χ2n) is 11.6. The maximum Gasteiger partial charge on any atom is 0.231 e. The van der Waals surface area contributed by atoms with Gasteiger partial charge >= 0.3 is 0 Å². The van der Waals surface area contributed by atoms with Crippen LogP contribution in [0.3, 0.4) is 0 Å². The highest BCUT2D eigenvalue weighted by atomic mass is 16.7. The minimum absolute atomic E-state index is 0.0425. The van der Waals surface area contributed by atoms with Crippen molar-refractivity contribution < 1.29 is 18.9 Å². The van der Waals surface area contributed by atoms with Crippen LogP contribution in [0.2, 0.25) is 0 Å². The number of aryl methyl sites for hydroxylation is 1. The molecule has 4 heterocycles. The molecule has 1 saturated heterocycles. The first-order chi connectivity index (χ1) is 18.9. The summed E-state index contributed by atoms with van der Waals surface area (Å²) >= 11 is 0. The molecule has 39 heavy (non-hydrogen) atoms. The van der Waals surface area contributed by atoms with Gasteiger partial charge in [-0.15, -0.1) is 0 Å². The summed E-state index contributed by atoms with van der Waals surface area (Å²) in [5.41, 5.74) is 8.53. The molecule has 208 valence electrons. The largest absolute Gasteiger partial charge is 0.496 e. The number of hydrogen-bond donors (Lipinski definition) is 0. The number of methoxy groups -OCH3 is 1.